The molecule has 140 valence electrons. The van der Waals surface area contributed by atoms with Crippen molar-refractivity contribution in [2.45, 2.75) is 18.8 Å². The molecule has 0 bridgehead atoms. The molecule has 0 aliphatic rings. The molecule has 0 aliphatic carbocycles. The molecule has 5 nitrogen and oxygen atoms in total. The molecule has 8 heteroatoms. The fourth-order valence-corrected chi connectivity index (χ4v) is 2.82. The molecular weight excluding hydrogens is 361 g/mol. The number of nitrogens with one attached hydrogen (secondary N) is 1. The quantitative estimate of drug-likeness (QED) is 0.669. The number of alkyl halides is 3. The van der Waals surface area contributed by atoms with Crippen LogP contribution in [-0.4, -0.2) is 6.36 Å². The van der Waals surface area contributed by atoms with Crippen molar-refractivity contribution >= 4 is 11.4 Å². The minimum atomic E-state index is -4.79. The number of hydrogen-bond donors (Lipinski definition) is 2. The van der Waals surface area contributed by atoms with E-state index in [1.165, 1.54) is 12.1 Å². The second-order valence-electron chi connectivity index (χ2n) is 6.17. The number of rotatable bonds is 5. The van der Waals surface area contributed by atoms with Gasteiger partial charge in [-0.25, -0.2) is 0 Å². The van der Waals surface area contributed by atoms with Crippen LogP contribution in [0.2, 0.25) is 0 Å². The summed E-state index contributed by atoms with van der Waals surface area (Å²) in [6.45, 7) is 1.62. The first-order chi connectivity index (χ1) is 12.6. The number of benzene rings is 2. The van der Waals surface area contributed by atoms with Crippen molar-refractivity contribution in [3.63, 3.8) is 0 Å². The number of hydrogen-bond acceptors (Lipinski definition) is 5. The maximum absolute atomic E-state index is 12.2. The van der Waals surface area contributed by atoms with E-state index in [9.17, 15) is 22.8 Å². The molecule has 0 unspecified atom stereocenters. The van der Waals surface area contributed by atoms with E-state index in [0.717, 1.165) is 12.1 Å². The number of halogens is 3. The predicted octanol–water partition coefficient (Wildman–Crippen LogP) is 3.15. The van der Waals surface area contributed by atoms with Crippen LogP contribution in [0.4, 0.5) is 24.5 Å². The number of ether oxygens (including phenoxy) is 1. The fraction of sp³-hybridized carbons (Fsp3) is 0.158. The largest absolute Gasteiger partial charge is 0.573 e. The van der Waals surface area contributed by atoms with Gasteiger partial charge in [0.25, 0.3) is 0 Å². The molecule has 1 atom stereocenters. The van der Waals surface area contributed by atoms with E-state index < -0.39 is 28.5 Å². The van der Waals surface area contributed by atoms with Gasteiger partial charge >= 0.3 is 6.36 Å². The summed E-state index contributed by atoms with van der Waals surface area (Å²) < 4.78 is 40.4. The van der Waals surface area contributed by atoms with E-state index in [2.05, 4.69) is 10.1 Å². The Morgan fingerprint density at radius 2 is 1.52 bits per heavy atom. The van der Waals surface area contributed by atoms with Crippen LogP contribution in [0.25, 0.3) is 0 Å². The Morgan fingerprint density at radius 1 is 0.926 bits per heavy atom. The highest BCUT2D eigenvalue weighted by molar-refractivity contribution is 5.69. The molecule has 0 saturated heterocycles. The smallest absolute Gasteiger partial charge is 0.406 e. The first-order valence-corrected chi connectivity index (χ1v) is 7.90. The van der Waals surface area contributed by atoms with E-state index in [0.29, 0.717) is 11.3 Å². The number of nitrogens with two attached hydrogens (primary N) is 1. The second-order valence-corrected chi connectivity index (χ2v) is 6.17. The van der Waals surface area contributed by atoms with Crippen LogP contribution < -0.4 is 26.6 Å². The molecule has 0 aromatic heterocycles. The van der Waals surface area contributed by atoms with Crippen LogP contribution in [0.5, 0.6) is 5.75 Å². The monoisotopic (exact) mass is 376 g/mol. The van der Waals surface area contributed by atoms with Crippen molar-refractivity contribution in [2.75, 3.05) is 5.32 Å². The van der Waals surface area contributed by atoms with Gasteiger partial charge in [0.1, 0.15) is 11.4 Å². The van der Waals surface area contributed by atoms with Gasteiger partial charge in [0.15, 0.2) is 0 Å². The molecule has 0 amide bonds. The molecule has 3 N–H and O–H groups in total. The van der Waals surface area contributed by atoms with Crippen molar-refractivity contribution in [1.29, 1.82) is 0 Å². The van der Waals surface area contributed by atoms with E-state index in [1.54, 1.807) is 37.3 Å². The fourth-order valence-electron chi connectivity index (χ4n) is 2.82. The Balaban J connectivity index is 1.89. The van der Waals surface area contributed by atoms with Gasteiger partial charge in [-0.05, 0) is 36.8 Å². The van der Waals surface area contributed by atoms with Gasteiger partial charge in [-0.3, -0.25) is 9.59 Å². The van der Waals surface area contributed by atoms with Crippen molar-refractivity contribution in [3.8, 4) is 5.75 Å². The van der Waals surface area contributed by atoms with Crippen LogP contribution in [0.1, 0.15) is 18.1 Å². The van der Waals surface area contributed by atoms with Crippen LogP contribution in [-0.2, 0) is 5.54 Å². The lowest BCUT2D eigenvalue weighted by atomic mass is 9.82. The van der Waals surface area contributed by atoms with Crippen molar-refractivity contribution in [3.05, 3.63) is 86.2 Å². The van der Waals surface area contributed by atoms with Crippen molar-refractivity contribution in [2.24, 2.45) is 5.73 Å². The lowest BCUT2D eigenvalue weighted by Crippen LogP contribution is -2.49. The summed E-state index contributed by atoms with van der Waals surface area (Å²) in [5.74, 6) is -0.397. The minimum Gasteiger partial charge on any atom is -0.406 e. The highest BCUT2D eigenvalue weighted by Crippen LogP contribution is 2.31. The lowest BCUT2D eigenvalue weighted by molar-refractivity contribution is -0.274. The normalized spacial score (nSPS) is 14.0. The topological polar surface area (TPSA) is 81.4 Å². The van der Waals surface area contributed by atoms with Crippen molar-refractivity contribution < 1.29 is 17.9 Å². The van der Waals surface area contributed by atoms with E-state index >= 15 is 0 Å². The van der Waals surface area contributed by atoms with Gasteiger partial charge < -0.3 is 15.8 Å². The summed E-state index contributed by atoms with van der Waals surface area (Å²) in [5.41, 5.74) is 4.81. The third-order valence-corrected chi connectivity index (χ3v) is 4.16. The average molecular weight is 376 g/mol. The maximum Gasteiger partial charge on any atom is 0.573 e. The van der Waals surface area contributed by atoms with Gasteiger partial charge in [0, 0.05) is 5.69 Å². The summed E-state index contributed by atoms with van der Waals surface area (Å²) >= 11 is 0. The van der Waals surface area contributed by atoms with Gasteiger partial charge in [-0.1, -0.05) is 30.3 Å². The molecule has 0 heterocycles. The van der Waals surface area contributed by atoms with Crippen LogP contribution in [0.3, 0.4) is 0 Å². The molecule has 0 spiro atoms. The van der Waals surface area contributed by atoms with Gasteiger partial charge in [0.05, 0.1) is 11.1 Å². The summed E-state index contributed by atoms with van der Waals surface area (Å²) in [7, 11) is 0. The van der Waals surface area contributed by atoms with Crippen molar-refractivity contribution in [1.82, 2.24) is 0 Å². The molecular formula is C19H15F3N2O3. The predicted molar refractivity (Wildman–Crippen MR) is 94.8 cm³/mol. The van der Waals surface area contributed by atoms with Gasteiger partial charge in [-0.15, -0.1) is 13.2 Å². The van der Waals surface area contributed by atoms with E-state index in [4.69, 9.17) is 5.73 Å². The zero-order valence-electron chi connectivity index (χ0n) is 14.1. The maximum atomic E-state index is 12.2. The SMILES string of the molecule is C[C@](N)(c1ccccc1)c1c(Nc2ccc(OC(F)(F)F)cc2)c(=O)c1=O. The Kier molecular flexibility index (Phi) is 4.52. The third kappa shape index (κ3) is 3.70. The second kappa shape index (κ2) is 6.55. The first kappa shape index (κ1) is 18.7. The molecule has 0 saturated carbocycles. The van der Waals surface area contributed by atoms with Gasteiger partial charge in [0.2, 0.25) is 10.9 Å². The summed E-state index contributed by atoms with van der Waals surface area (Å²) in [6.07, 6.45) is -4.79. The summed E-state index contributed by atoms with van der Waals surface area (Å²) in [5, 5.41) is 2.77. The molecule has 0 aliphatic heterocycles. The van der Waals surface area contributed by atoms with Crippen LogP contribution in [0.15, 0.2) is 64.2 Å². The summed E-state index contributed by atoms with van der Waals surface area (Å²) in [6, 6.07) is 13.6. The number of anilines is 2. The zero-order valence-corrected chi connectivity index (χ0v) is 14.1. The summed E-state index contributed by atoms with van der Waals surface area (Å²) in [4.78, 5) is 24.1. The van der Waals surface area contributed by atoms with E-state index in [-0.39, 0.29) is 11.3 Å². The minimum absolute atomic E-state index is 0.0262. The Labute approximate surface area is 151 Å². The first-order valence-electron chi connectivity index (χ1n) is 7.90. The Bertz CT molecular complexity index is 1020. The van der Waals surface area contributed by atoms with E-state index in [1.807, 2.05) is 0 Å². The molecule has 0 fully saturated rings. The highest BCUT2D eigenvalue weighted by Gasteiger charge is 2.36. The van der Waals surface area contributed by atoms with Crippen LogP contribution >= 0.6 is 0 Å². The zero-order chi connectivity index (χ0) is 19.8. The third-order valence-electron chi connectivity index (χ3n) is 4.16. The molecule has 3 aromatic rings. The van der Waals surface area contributed by atoms with Gasteiger partial charge in [-0.2, -0.15) is 0 Å². The average Bonchev–Trinajstić information content (AvgIpc) is 2.61. The molecule has 3 rings (SSSR count). The molecule has 0 radical (unpaired) electrons. The highest BCUT2D eigenvalue weighted by atomic mass is 19.4. The standard InChI is InChI=1S/C19H15F3N2O3/c1-18(23,11-5-3-2-4-6-11)14-15(17(26)16(14)25)24-12-7-9-13(10-8-12)27-19(20,21)22/h2-10,24H,23H2,1H3/t18-/m0/s1. The van der Waals surface area contributed by atoms with Crippen LogP contribution in [0, 0.1) is 0 Å². The molecule has 3 aromatic carbocycles. The lowest BCUT2D eigenvalue weighted by Gasteiger charge is -2.29. The Hall–Kier alpha value is -3.13. The molecule has 27 heavy (non-hydrogen) atoms. The Morgan fingerprint density at radius 3 is 2.07 bits per heavy atom.